The van der Waals surface area contributed by atoms with Gasteiger partial charge in [0, 0.05) is 0 Å². The number of rotatable bonds is 3. The third-order valence-corrected chi connectivity index (χ3v) is 1.91. The van der Waals surface area contributed by atoms with Gasteiger partial charge in [-0.2, -0.15) is 0 Å². The largest absolute Gasteiger partial charge is 0.0810 e. The van der Waals surface area contributed by atoms with Crippen molar-refractivity contribution in [1.82, 2.24) is 0 Å². The highest BCUT2D eigenvalue weighted by atomic mass is 14.0. The molecule has 0 aromatic heterocycles. The van der Waals surface area contributed by atoms with Crippen LogP contribution < -0.4 is 0 Å². The molecule has 0 fully saturated rings. The second-order valence-electron chi connectivity index (χ2n) is 2.96. The molecular formula is C12H15. The molecule has 12 heavy (non-hydrogen) atoms. The SMILES string of the molecule is CCC/C=C(\C)c1cc[c]cc1. The zero-order valence-corrected chi connectivity index (χ0v) is 7.80. The maximum Gasteiger partial charge on any atom is -0.0184 e. The van der Waals surface area contributed by atoms with Gasteiger partial charge in [-0.25, -0.2) is 0 Å². The Balaban J connectivity index is 2.71. The molecule has 0 aliphatic heterocycles. The normalized spacial score (nSPS) is 11.7. The Morgan fingerprint density at radius 3 is 2.67 bits per heavy atom. The molecule has 0 atom stereocenters. The lowest BCUT2D eigenvalue weighted by Crippen LogP contribution is -1.77. The number of allylic oxidation sites excluding steroid dienone is 2. The van der Waals surface area contributed by atoms with Crippen LogP contribution in [0.4, 0.5) is 0 Å². The third-order valence-electron chi connectivity index (χ3n) is 1.91. The quantitative estimate of drug-likeness (QED) is 0.631. The van der Waals surface area contributed by atoms with Crippen LogP contribution in [0.5, 0.6) is 0 Å². The summed E-state index contributed by atoms with van der Waals surface area (Å²) in [6, 6.07) is 11.1. The van der Waals surface area contributed by atoms with Crippen LogP contribution >= 0.6 is 0 Å². The predicted octanol–water partition coefficient (Wildman–Crippen LogP) is 3.69. The molecule has 0 bridgehead atoms. The zero-order chi connectivity index (χ0) is 8.81. The highest BCUT2D eigenvalue weighted by Gasteiger charge is 1.91. The first-order valence-corrected chi connectivity index (χ1v) is 4.48. The van der Waals surface area contributed by atoms with Gasteiger partial charge in [-0.1, -0.05) is 43.7 Å². The summed E-state index contributed by atoms with van der Waals surface area (Å²) in [6.07, 6.45) is 4.68. The first-order valence-electron chi connectivity index (χ1n) is 4.48. The highest BCUT2D eigenvalue weighted by molar-refractivity contribution is 5.63. The molecule has 0 saturated carbocycles. The van der Waals surface area contributed by atoms with E-state index in [9.17, 15) is 0 Å². The summed E-state index contributed by atoms with van der Waals surface area (Å²) >= 11 is 0. The van der Waals surface area contributed by atoms with Crippen molar-refractivity contribution in [1.29, 1.82) is 0 Å². The summed E-state index contributed by atoms with van der Waals surface area (Å²) < 4.78 is 0. The van der Waals surface area contributed by atoms with Crippen LogP contribution in [0.3, 0.4) is 0 Å². The van der Waals surface area contributed by atoms with Gasteiger partial charge in [-0.3, -0.25) is 0 Å². The van der Waals surface area contributed by atoms with Gasteiger partial charge in [0.15, 0.2) is 0 Å². The lowest BCUT2D eigenvalue weighted by molar-refractivity contribution is 0.959. The summed E-state index contributed by atoms with van der Waals surface area (Å²) in [5.74, 6) is 0. The van der Waals surface area contributed by atoms with Crippen LogP contribution in [0, 0.1) is 6.07 Å². The van der Waals surface area contributed by atoms with Crippen molar-refractivity contribution >= 4 is 5.57 Å². The van der Waals surface area contributed by atoms with Crippen molar-refractivity contribution in [3.8, 4) is 0 Å². The Kier molecular flexibility index (Phi) is 3.59. The van der Waals surface area contributed by atoms with Crippen LogP contribution in [0.15, 0.2) is 30.3 Å². The minimum absolute atomic E-state index is 1.17. The molecule has 0 heteroatoms. The van der Waals surface area contributed by atoms with Gasteiger partial charge in [-0.05, 0) is 30.5 Å². The van der Waals surface area contributed by atoms with Crippen molar-refractivity contribution < 1.29 is 0 Å². The van der Waals surface area contributed by atoms with E-state index in [1.165, 1.54) is 24.0 Å². The number of hydrogen-bond acceptors (Lipinski definition) is 0. The Morgan fingerprint density at radius 1 is 1.42 bits per heavy atom. The maximum absolute atomic E-state index is 3.02. The molecule has 0 unspecified atom stereocenters. The van der Waals surface area contributed by atoms with Crippen LogP contribution in [0.1, 0.15) is 32.3 Å². The van der Waals surface area contributed by atoms with Gasteiger partial charge >= 0.3 is 0 Å². The van der Waals surface area contributed by atoms with E-state index < -0.39 is 0 Å². The third kappa shape index (κ3) is 2.54. The first-order chi connectivity index (χ1) is 5.84. The first kappa shape index (κ1) is 9.05. The van der Waals surface area contributed by atoms with Gasteiger partial charge in [0.05, 0.1) is 0 Å². The summed E-state index contributed by atoms with van der Waals surface area (Å²) in [4.78, 5) is 0. The number of hydrogen-bond donors (Lipinski definition) is 0. The molecule has 0 saturated heterocycles. The molecule has 0 aliphatic rings. The van der Waals surface area contributed by atoms with Crippen LogP contribution in [0.25, 0.3) is 5.57 Å². The smallest absolute Gasteiger partial charge is 0.0184 e. The Bertz CT molecular complexity index is 244. The topological polar surface area (TPSA) is 0 Å². The Hall–Kier alpha value is -1.04. The molecule has 63 valence electrons. The molecule has 0 nitrogen and oxygen atoms in total. The van der Waals surface area contributed by atoms with Crippen molar-refractivity contribution in [2.24, 2.45) is 0 Å². The van der Waals surface area contributed by atoms with E-state index in [2.05, 4.69) is 38.1 Å². The Labute approximate surface area is 74.9 Å². The number of benzene rings is 1. The fraction of sp³-hybridized carbons (Fsp3) is 0.333. The summed E-state index contributed by atoms with van der Waals surface area (Å²) in [5, 5.41) is 0. The zero-order valence-electron chi connectivity index (χ0n) is 7.80. The molecule has 0 spiro atoms. The van der Waals surface area contributed by atoms with E-state index in [0.717, 1.165) is 0 Å². The molecule has 0 heterocycles. The van der Waals surface area contributed by atoms with Gasteiger partial charge in [0.25, 0.3) is 0 Å². The molecule has 0 aliphatic carbocycles. The lowest BCUT2D eigenvalue weighted by Gasteiger charge is -1.99. The second kappa shape index (κ2) is 4.76. The molecule has 1 rings (SSSR count). The van der Waals surface area contributed by atoms with Crippen LogP contribution in [0.2, 0.25) is 0 Å². The summed E-state index contributed by atoms with van der Waals surface area (Å²) in [5.41, 5.74) is 2.67. The van der Waals surface area contributed by atoms with Crippen molar-refractivity contribution in [2.75, 3.05) is 0 Å². The lowest BCUT2D eigenvalue weighted by atomic mass is 10.1. The molecule has 1 radical (unpaired) electrons. The van der Waals surface area contributed by atoms with Gasteiger partial charge in [0.1, 0.15) is 0 Å². The van der Waals surface area contributed by atoms with E-state index >= 15 is 0 Å². The van der Waals surface area contributed by atoms with Crippen LogP contribution in [-0.2, 0) is 0 Å². The van der Waals surface area contributed by atoms with Crippen molar-refractivity contribution in [2.45, 2.75) is 26.7 Å². The van der Waals surface area contributed by atoms with Crippen molar-refractivity contribution in [3.05, 3.63) is 42.0 Å². The standard InChI is InChI=1S/C12H15/c1-3-4-8-11(2)12-9-6-5-7-10-12/h6-10H,3-4H2,1-2H3/b11-8+. The van der Waals surface area contributed by atoms with E-state index in [1.807, 2.05) is 12.1 Å². The monoisotopic (exact) mass is 159 g/mol. The van der Waals surface area contributed by atoms with Crippen molar-refractivity contribution in [3.63, 3.8) is 0 Å². The molecule has 0 amide bonds. The summed E-state index contributed by atoms with van der Waals surface area (Å²) in [7, 11) is 0. The fourth-order valence-corrected chi connectivity index (χ4v) is 1.13. The average molecular weight is 159 g/mol. The average Bonchev–Trinajstić information content (AvgIpc) is 2.15. The minimum atomic E-state index is 1.17. The van der Waals surface area contributed by atoms with E-state index in [1.54, 1.807) is 0 Å². The van der Waals surface area contributed by atoms with Crippen LogP contribution in [-0.4, -0.2) is 0 Å². The van der Waals surface area contributed by atoms with Gasteiger partial charge < -0.3 is 0 Å². The van der Waals surface area contributed by atoms with E-state index in [-0.39, 0.29) is 0 Å². The maximum atomic E-state index is 3.02. The molecular weight excluding hydrogens is 144 g/mol. The molecule has 1 aromatic carbocycles. The Morgan fingerprint density at radius 2 is 2.08 bits per heavy atom. The fourth-order valence-electron chi connectivity index (χ4n) is 1.13. The molecule has 1 aromatic rings. The van der Waals surface area contributed by atoms with E-state index in [4.69, 9.17) is 0 Å². The number of unbranched alkanes of at least 4 members (excludes halogenated alkanes) is 1. The minimum Gasteiger partial charge on any atom is -0.0810 e. The molecule has 0 N–H and O–H groups in total. The second-order valence-corrected chi connectivity index (χ2v) is 2.96. The summed E-state index contributed by atoms with van der Waals surface area (Å²) in [6.45, 7) is 4.35. The van der Waals surface area contributed by atoms with Gasteiger partial charge in [-0.15, -0.1) is 0 Å². The predicted molar refractivity (Wildman–Crippen MR) is 53.8 cm³/mol. The van der Waals surface area contributed by atoms with E-state index in [0.29, 0.717) is 0 Å². The highest BCUT2D eigenvalue weighted by Crippen LogP contribution is 2.13. The van der Waals surface area contributed by atoms with Gasteiger partial charge in [0.2, 0.25) is 0 Å².